The Morgan fingerprint density at radius 1 is 1.13 bits per heavy atom. The quantitative estimate of drug-likeness (QED) is 0.719. The lowest BCUT2D eigenvalue weighted by Crippen LogP contribution is -2.09. The molecule has 1 aromatic carbocycles. The van der Waals surface area contributed by atoms with E-state index >= 15 is 0 Å². The molecule has 15 heavy (non-hydrogen) atoms. The number of nitrogens with two attached hydrogens (primary N) is 1. The van der Waals surface area contributed by atoms with E-state index in [0.29, 0.717) is 5.56 Å². The van der Waals surface area contributed by atoms with Crippen molar-refractivity contribution >= 4 is 24.3 Å². The minimum absolute atomic E-state index is 0. The lowest BCUT2D eigenvalue weighted by Gasteiger charge is -2.03. The van der Waals surface area contributed by atoms with Crippen LogP contribution in [0.1, 0.15) is 26.3 Å². The van der Waals surface area contributed by atoms with E-state index in [1.165, 1.54) is 18.2 Å². The van der Waals surface area contributed by atoms with Crippen LogP contribution in [0.2, 0.25) is 0 Å². The standard InChI is InChI=1S/C9H9NO4.ClH/c10-4-5-1-2-6(8(11)12)7(3-5)9(13)14;/h1-3H,4,10H2,(H,11,12)(H,13,14);1H. The van der Waals surface area contributed by atoms with Crippen molar-refractivity contribution in [1.29, 1.82) is 0 Å². The van der Waals surface area contributed by atoms with E-state index < -0.39 is 11.9 Å². The minimum Gasteiger partial charge on any atom is -0.478 e. The molecule has 1 aromatic rings. The van der Waals surface area contributed by atoms with E-state index in [9.17, 15) is 9.59 Å². The van der Waals surface area contributed by atoms with Crippen LogP contribution in [0.25, 0.3) is 0 Å². The van der Waals surface area contributed by atoms with Gasteiger partial charge in [-0.25, -0.2) is 9.59 Å². The van der Waals surface area contributed by atoms with Crippen LogP contribution in [0.15, 0.2) is 18.2 Å². The van der Waals surface area contributed by atoms with Gasteiger partial charge in [-0.15, -0.1) is 12.4 Å². The van der Waals surface area contributed by atoms with E-state index in [4.69, 9.17) is 15.9 Å². The summed E-state index contributed by atoms with van der Waals surface area (Å²) >= 11 is 0. The number of rotatable bonds is 3. The Morgan fingerprint density at radius 3 is 2.07 bits per heavy atom. The summed E-state index contributed by atoms with van der Waals surface area (Å²) in [5.41, 5.74) is 5.43. The van der Waals surface area contributed by atoms with Gasteiger partial charge in [-0.1, -0.05) is 6.07 Å². The largest absolute Gasteiger partial charge is 0.478 e. The number of hydrogen-bond acceptors (Lipinski definition) is 3. The van der Waals surface area contributed by atoms with Crippen molar-refractivity contribution in [3.63, 3.8) is 0 Å². The first-order valence-corrected chi connectivity index (χ1v) is 3.86. The average Bonchev–Trinajstić information content (AvgIpc) is 2.16. The Balaban J connectivity index is 0.00000196. The van der Waals surface area contributed by atoms with Crippen LogP contribution in [-0.2, 0) is 6.54 Å². The second-order valence-electron chi connectivity index (χ2n) is 2.69. The summed E-state index contributed by atoms with van der Waals surface area (Å²) in [5, 5.41) is 17.4. The summed E-state index contributed by atoms with van der Waals surface area (Å²) in [6.45, 7) is 0.181. The highest BCUT2D eigenvalue weighted by atomic mass is 35.5. The van der Waals surface area contributed by atoms with Crippen LogP contribution < -0.4 is 5.73 Å². The number of carboxylic acid groups (broad SMARTS) is 2. The maximum atomic E-state index is 10.7. The number of benzene rings is 1. The van der Waals surface area contributed by atoms with Crippen LogP contribution >= 0.6 is 12.4 Å². The summed E-state index contributed by atoms with van der Waals surface area (Å²) in [4.78, 5) is 21.3. The molecule has 0 aliphatic carbocycles. The van der Waals surface area contributed by atoms with Crippen molar-refractivity contribution in [2.75, 3.05) is 0 Å². The molecule has 0 saturated heterocycles. The highest BCUT2D eigenvalue weighted by Gasteiger charge is 2.15. The van der Waals surface area contributed by atoms with Gasteiger partial charge in [-0.2, -0.15) is 0 Å². The van der Waals surface area contributed by atoms with Crippen LogP contribution in [0, 0.1) is 0 Å². The molecule has 1 rings (SSSR count). The van der Waals surface area contributed by atoms with Crippen molar-refractivity contribution in [3.8, 4) is 0 Å². The first-order valence-electron chi connectivity index (χ1n) is 3.86. The normalized spacial score (nSPS) is 9.13. The van der Waals surface area contributed by atoms with Gasteiger partial charge in [0.25, 0.3) is 0 Å². The maximum absolute atomic E-state index is 10.7. The molecule has 0 bridgehead atoms. The van der Waals surface area contributed by atoms with Crippen molar-refractivity contribution < 1.29 is 19.8 Å². The summed E-state index contributed by atoms with van der Waals surface area (Å²) in [6, 6.07) is 4.01. The first kappa shape index (κ1) is 13.4. The molecule has 4 N–H and O–H groups in total. The van der Waals surface area contributed by atoms with E-state index in [0.717, 1.165) is 0 Å². The van der Waals surface area contributed by atoms with E-state index in [-0.39, 0.29) is 30.1 Å². The average molecular weight is 232 g/mol. The van der Waals surface area contributed by atoms with Crippen molar-refractivity contribution in [1.82, 2.24) is 0 Å². The topological polar surface area (TPSA) is 101 Å². The smallest absolute Gasteiger partial charge is 0.336 e. The molecule has 82 valence electrons. The summed E-state index contributed by atoms with van der Waals surface area (Å²) in [6.07, 6.45) is 0. The van der Waals surface area contributed by atoms with Gasteiger partial charge in [0.2, 0.25) is 0 Å². The molecule has 0 heterocycles. The monoisotopic (exact) mass is 231 g/mol. The molecule has 0 fully saturated rings. The minimum atomic E-state index is -1.27. The molecule has 0 spiro atoms. The zero-order valence-corrected chi connectivity index (χ0v) is 8.45. The Hall–Kier alpha value is -1.59. The van der Waals surface area contributed by atoms with Gasteiger partial charge in [0.05, 0.1) is 11.1 Å². The highest BCUT2D eigenvalue weighted by molar-refractivity contribution is 6.01. The van der Waals surface area contributed by atoms with Crippen molar-refractivity contribution in [2.24, 2.45) is 5.73 Å². The van der Waals surface area contributed by atoms with Crippen molar-refractivity contribution in [2.45, 2.75) is 6.54 Å². The molecule has 0 radical (unpaired) electrons. The molecule has 6 heteroatoms. The molecule has 0 saturated carbocycles. The summed E-state index contributed by atoms with van der Waals surface area (Å²) < 4.78 is 0. The van der Waals surface area contributed by atoms with Crippen LogP contribution in [-0.4, -0.2) is 22.2 Å². The molecular formula is C9H10ClNO4. The fourth-order valence-corrected chi connectivity index (χ4v) is 1.08. The number of hydrogen-bond donors (Lipinski definition) is 3. The van der Waals surface area contributed by atoms with Crippen LogP contribution in [0.4, 0.5) is 0 Å². The third-order valence-corrected chi connectivity index (χ3v) is 1.78. The molecule has 0 aliphatic rings. The lowest BCUT2D eigenvalue weighted by molar-refractivity contribution is 0.0651. The number of carbonyl (C=O) groups is 2. The molecule has 0 aromatic heterocycles. The van der Waals surface area contributed by atoms with E-state index in [1.807, 2.05) is 0 Å². The Bertz CT molecular complexity index is 392. The molecule has 0 aliphatic heterocycles. The van der Waals surface area contributed by atoms with Crippen LogP contribution in [0.5, 0.6) is 0 Å². The molecule has 5 nitrogen and oxygen atoms in total. The lowest BCUT2D eigenvalue weighted by atomic mass is 10.0. The zero-order valence-electron chi connectivity index (χ0n) is 7.64. The SMILES string of the molecule is Cl.NCc1ccc(C(=O)O)c(C(=O)O)c1. The molecule has 0 atom stereocenters. The van der Waals surface area contributed by atoms with E-state index in [1.54, 1.807) is 0 Å². The van der Waals surface area contributed by atoms with Gasteiger partial charge in [-0.05, 0) is 17.7 Å². The molecule has 0 amide bonds. The summed E-state index contributed by atoms with van der Waals surface area (Å²) in [5.74, 6) is -2.52. The second-order valence-corrected chi connectivity index (χ2v) is 2.69. The van der Waals surface area contributed by atoms with E-state index in [2.05, 4.69) is 0 Å². The Labute approximate surface area is 91.9 Å². The predicted molar refractivity (Wildman–Crippen MR) is 55.5 cm³/mol. The molecular weight excluding hydrogens is 222 g/mol. The summed E-state index contributed by atoms with van der Waals surface area (Å²) in [7, 11) is 0. The second kappa shape index (κ2) is 5.33. The maximum Gasteiger partial charge on any atom is 0.336 e. The number of halogens is 1. The van der Waals surface area contributed by atoms with Crippen molar-refractivity contribution in [3.05, 3.63) is 34.9 Å². The van der Waals surface area contributed by atoms with Gasteiger partial charge < -0.3 is 15.9 Å². The fourth-order valence-electron chi connectivity index (χ4n) is 1.08. The Morgan fingerprint density at radius 2 is 1.67 bits per heavy atom. The number of aromatic carboxylic acids is 2. The highest BCUT2D eigenvalue weighted by Crippen LogP contribution is 2.12. The van der Waals surface area contributed by atoms with Gasteiger partial charge in [0.1, 0.15) is 0 Å². The predicted octanol–water partition coefficient (Wildman–Crippen LogP) is 0.964. The Kier molecular flexibility index (Phi) is 4.77. The first-order chi connectivity index (χ1) is 6.56. The molecule has 0 unspecified atom stereocenters. The van der Waals surface area contributed by atoms with Gasteiger partial charge in [0.15, 0.2) is 0 Å². The number of carboxylic acids is 2. The van der Waals surface area contributed by atoms with Gasteiger partial charge in [0, 0.05) is 6.54 Å². The fraction of sp³-hybridized carbons (Fsp3) is 0.111. The van der Waals surface area contributed by atoms with Crippen LogP contribution in [0.3, 0.4) is 0 Å². The van der Waals surface area contributed by atoms with Gasteiger partial charge in [-0.3, -0.25) is 0 Å². The third-order valence-electron chi connectivity index (χ3n) is 1.78. The third kappa shape index (κ3) is 2.93. The zero-order chi connectivity index (χ0) is 10.7. The van der Waals surface area contributed by atoms with Gasteiger partial charge >= 0.3 is 11.9 Å².